The molecule has 6 nitrogen and oxygen atoms in total. The van der Waals surface area contributed by atoms with Crippen LogP contribution < -0.4 is 10.1 Å². The van der Waals surface area contributed by atoms with Crippen molar-refractivity contribution in [3.63, 3.8) is 0 Å². The number of aromatic nitrogens is 1. The van der Waals surface area contributed by atoms with Gasteiger partial charge in [-0.05, 0) is 54.3 Å². The summed E-state index contributed by atoms with van der Waals surface area (Å²) in [4.78, 5) is 29.8. The molecule has 2 aliphatic rings. The van der Waals surface area contributed by atoms with Crippen LogP contribution in [0.15, 0.2) is 42.6 Å². The summed E-state index contributed by atoms with van der Waals surface area (Å²) in [6, 6.07) is 9.96. The highest BCUT2D eigenvalue weighted by molar-refractivity contribution is 5.94. The summed E-state index contributed by atoms with van der Waals surface area (Å²) in [5, 5.41) is 2.76. The molecule has 2 aromatic rings. The van der Waals surface area contributed by atoms with E-state index in [2.05, 4.69) is 10.3 Å². The summed E-state index contributed by atoms with van der Waals surface area (Å²) >= 11 is 0. The number of carbonyl (C=O) groups excluding carboxylic acids is 2. The molecular formula is C22H23N3O3. The lowest BCUT2D eigenvalue weighted by Crippen LogP contribution is -2.51. The zero-order chi connectivity index (χ0) is 19.5. The smallest absolute Gasteiger partial charge is 0.246 e. The number of nitrogens with zero attached hydrogens (tertiary/aromatic N) is 2. The zero-order valence-corrected chi connectivity index (χ0v) is 15.9. The second-order valence-electron chi connectivity index (χ2n) is 7.39. The summed E-state index contributed by atoms with van der Waals surface area (Å²) in [5.74, 6) is 1.86. The lowest BCUT2D eigenvalue weighted by molar-refractivity contribution is -0.132. The molecule has 4 rings (SSSR count). The highest BCUT2D eigenvalue weighted by Crippen LogP contribution is 2.22. The Bertz CT molecular complexity index is 932. The lowest BCUT2D eigenvalue weighted by Gasteiger charge is -2.38. The third kappa shape index (κ3) is 4.22. The fraction of sp³-hybridized carbons (Fsp3) is 0.318. The van der Waals surface area contributed by atoms with Gasteiger partial charge in [0.05, 0.1) is 6.61 Å². The predicted octanol–water partition coefficient (Wildman–Crippen LogP) is 2.83. The standard InChI is InChI=1S/C22H23N3O3/c1-15-3-2-4-19(9-15)28-14-17-12-25(13-17)21(27)8-5-16-10-18-6-7-20(26)24-22(18)23-11-16/h2-5,8-11,17H,6-7,12-14H2,1H3,(H,23,24,26)/b8-5+. The summed E-state index contributed by atoms with van der Waals surface area (Å²) in [6.45, 7) is 4.08. The first-order chi connectivity index (χ1) is 13.6. The van der Waals surface area contributed by atoms with Crippen LogP contribution in [0.1, 0.15) is 23.1 Å². The van der Waals surface area contributed by atoms with Gasteiger partial charge in [-0.15, -0.1) is 0 Å². The molecule has 1 aromatic heterocycles. The van der Waals surface area contributed by atoms with E-state index in [1.807, 2.05) is 42.2 Å². The Kier molecular flexibility index (Phi) is 5.10. The minimum atomic E-state index is -0.00261. The number of aryl methyl sites for hydroxylation is 2. The third-order valence-electron chi connectivity index (χ3n) is 5.03. The normalized spacial score (nSPS) is 16.5. The summed E-state index contributed by atoms with van der Waals surface area (Å²) < 4.78 is 5.81. The van der Waals surface area contributed by atoms with Gasteiger partial charge in [0.2, 0.25) is 11.8 Å². The van der Waals surface area contributed by atoms with E-state index in [1.54, 1.807) is 18.3 Å². The SMILES string of the molecule is Cc1cccc(OCC2CN(C(=O)/C=C/c3cnc4c(c3)CCC(=O)N4)C2)c1. The molecule has 1 fully saturated rings. The van der Waals surface area contributed by atoms with Crippen molar-refractivity contribution in [1.29, 1.82) is 0 Å². The fourth-order valence-electron chi connectivity index (χ4n) is 3.41. The van der Waals surface area contributed by atoms with Crippen molar-refractivity contribution in [2.24, 2.45) is 5.92 Å². The Labute approximate surface area is 164 Å². The van der Waals surface area contributed by atoms with Crippen LogP contribution in [0, 0.1) is 12.8 Å². The number of ether oxygens (including phenoxy) is 1. The van der Waals surface area contributed by atoms with Crippen LogP contribution in [0.25, 0.3) is 6.08 Å². The van der Waals surface area contributed by atoms with E-state index in [0.29, 0.717) is 44.3 Å². The highest BCUT2D eigenvalue weighted by Gasteiger charge is 2.29. The molecule has 0 atom stereocenters. The van der Waals surface area contributed by atoms with Crippen molar-refractivity contribution < 1.29 is 14.3 Å². The number of hydrogen-bond donors (Lipinski definition) is 1. The Hall–Kier alpha value is -3.15. The van der Waals surface area contributed by atoms with E-state index in [1.165, 1.54) is 5.56 Å². The van der Waals surface area contributed by atoms with Crippen molar-refractivity contribution in [2.45, 2.75) is 19.8 Å². The third-order valence-corrected chi connectivity index (χ3v) is 5.03. The van der Waals surface area contributed by atoms with Crippen LogP contribution in [-0.4, -0.2) is 41.4 Å². The van der Waals surface area contributed by atoms with E-state index in [0.717, 1.165) is 16.9 Å². The van der Waals surface area contributed by atoms with E-state index in [4.69, 9.17) is 4.74 Å². The molecule has 0 bridgehead atoms. The van der Waals surface area contributed by atoms with Gasteiger partial charge in [-0.2, -0.15) is 0 Å². The molecule has 0 unspecified atom stereocenters. The maximum absolute atomic E-state index is 12.3. The molecule has 6 heteroatoms. The molecule has 28 heavy (non-hydrogen) atoms. The minimum Gasteiger partial charge on any atom is -0.493 e. The molecule has 0 aliphatic carbocycles. The van der Waals surface area contributed by atoms with Crippen molar-refractivity contribution in [2.75, 3.05) is 25.0 Å². The van der Waals surface area contributed by atoms with E-state index >= 15 is 0 Å². The van der Waals surface area contributed by atoms with Gasteiger partial charge in [0.15, 0.2) is 0 Å². The Morgan fingerprint density at radius 1 is 1.32 bits per heavy atom. The van der Waals surface area contributed by atoms with Crippen molar-refractivity contribution in [3.8, 4) is 5.75 Å². The van der Waals surface area contributed by atoms with Gasteiger partial charge in [-0.25, -0.2) is 4.98 Å². The molecule has 144 valence electrons. The van der Waals surface area contributed by atoms with Gasteiger partial charge in [-0.1, -0.05) is 12.1 Å². The molecule has 2 aliphatic heterocycles. The number of likely N-dealkylation sites (tertiary alicyclic amines) is 1. The quantitative estimate of drug-likeness (QED) is 0.814. The van der Waals surface area contributed by atoms with E-state index in [-0.39, 0.29) is 11.8 Å². The monoisotopic (exact) mass is 377 g/mol. The molecule has 0 spiro atoms. The van der Waals surface area contributed by atoms with Gasteiger partial charge in [0.1, 0.15) is 11.6 Å². The zero-order valence-electron chi connectivity index (χ0n) is 15.9. The molecule has 1 aromatic carbocycles. The number of fused-ring (bicyclic) bond motifs is 1. The number of amides is 2. The maximum Gasteiger partial charge on any atom is 0.246 e. The first-order valence-corrected chi connectivity index (χ1v) is 9.52. The van der Waals surface area contributed by atoms with Crippen LogP contribution in [0.3, 0.4) is 0 Å². The lowest BCUT2D eigenvalue weighted by atomic mass is 10.0. The van der Waals surface area contributed by atoms with Crippen molar-refractivity contribution >= 4 is 23.7 Å². The van der Waals surface area contributed by atoms with Crippen LogP contribution in [0.4, 0.5) is 5.82 Å². The Balaban J connectivity index is 1.25. The summed E-state index contributed by atoms with van der Waals surface area (Å²) in [5.41, 5.74) is 3.04. The van der Waals surface area contributed by atoms with Gasteiger partial charge in [0.25, 0.3) is 0 Å². The largest absolute Gasteiger partial charge is 0.493 e. The fourth-order valence-corrected chi connectivity index (χ4v) is 3.41. The second kappa shape index (κ2) is 7.84. The van der Waals surface area contributed by atoms with E-state index < -0.39 is 0 Å². The summed E-state index contributed by atoms with van der Waals surface area (Å²) in [7, 11) is 0. The second-order valence-corrected chi connectivity index (χ2v) is 7.39. The number of hydrogen-bond acceptors (Lipinski definition) is 4. The number of pyridine rings is 1. The summed E-state index contributed by atoms with van der Waals surface area (Å²) in [6.07, 6.45) is 6.19. The van der Waals surface area contributed by atoms with Gasteiger partial charge < -0.3 is 15.0 Å². The number of benzene rings is 1. The Morgan fingerprint density at radius 2 is 2.18 bits per heavy atom. The topological polar surface area (TPSA) is 71.5 Å². The molecule has 1 N–H and O–H groups in total. The Morgan fingerprint density at radius 3 is 3.00 bits per heavy atom. The molecule has 0 radical (unpaired) electrons. The maximum atomic E-state index is 12.3. The van der Waals surface area contributed by atoms with E-state index in [9.17, 15) is 9.59 Å². The van der Waals surface area contributed by atoms with Gasteiger partial charge >= 0.3 is 0 Å². The van der Waals surface area contributed by atoms with Crippen LogP contribution in [-0.2, 0) is 16.0 Å². The number of anilines is 1. The molecule has 1 saturated heterocycles. The molecule has 3 heterocycles. The molecule has 0 saturated carbocycles. The minimum absolute atomic E-state index is 0.00201. The average molecular weight is 377 g/mol. The number of rotatable bonds is 5. The van der Waals surface area contributed by atoms with Crippen LogP contribution in [0.2, 0.25) is 0 Å². The van der Waals surface area contributed by atoms with Gasteiger partial charge in [-0.3, -0.25) is 9.59 Å². The first kappa shape index (κ1) is 18.2. The van der Waals surface area contributed by atoms with Crippen LogP contribution >= 0.6 is 0 Å². The first-order valence-electron chi connectivity index (χ1n) is 9.52. The number of nitrogens with one attached hydrogen (secondary N) is 1. The molecular weight excluding hydrogens is 354 g/mol. The van der Waals surface area contributed by atoms with Crippen molar-refractivity contribution in [3.05, 3.63) is 59.3 Å². The predicted molar refractivity (Wildman–Crippen MR) is 107 cm³/mol. The highest BCUT2D eigenvalue weighted by atomic mass is 16.5. The average Bonchev–Trinajstić information content (AvgIpc) is 2.65. The molecule has 2 amide bonds. The van der Waals surface area contributed by atoms with Crippen molar-refractivity contribution in [1.82, 2.24) is 9.88 Å². The van der Waals surface area contributed by atoms with Crippen LogP contribution in [0.5, 0.6) is 5.75 Å². The number of carbonyl (C=O) groups is 2. The van der Waals surface area contributed by atoms with Gasteiger partial charge in [0, 0.05) is 37.7 Å².